The molecule has 1 aliphatic heterocycles. The molecule has 0 aliphatic carbocycles. The number of aliphatic imine (C=N–C) groups is 1. The first-order chi connectivity index (χ1) is 7.17. The number of hydrogen-bond acceptors (Lipinski definition) is 1. The third-order valence-corrected chi connectivity index (χ3v) is 2.17. The van der Waals surface area contributed by atoms with Gasteiger partial charge in [0.25, 0.3) is 0 Å². The zero-order chi connectivity index (χ0) is 11.3. The first-order valence-corrected chi connectivity index (χ1v) is 5.51. The summed E-state index contributed by atoms with van der Waals surface area (Å²) in [6, 6.07) is 8.18. The van der Waals surface area contributed by atoms with Crippen molar-refractivity contribution in [2.75, 3.05) is 0 Å². The molecule has 1 aromatic rings. The van der Waals surface area contributed by atoms with Crippen LogP contribution in [0, 0.1) is 5.41 Å². The quantitative estimate of drug-likeness (QED) is 0.587. The molecule has 1 nitrogen and oxygen atoms in total. The van der Waals surface area contributed by atoms with E-state index in [1.165, 1.54) is 5.56 Å². The molecule has 2 rings (SSSR count). The zero-order valence-corrected chi connectivity index (χ0v) is 9.99. The Morgan fingerprint density at radius 2 is 1.73 bits per heavy atom. The molecule has 0 atom stereocenters. The van der Waals surface area contributed by atoms with Crippen LogP contribution in [0.1, 0.15) is 33.3 Å². The summed E-state index contributed by atoms with van der Waals surface area (Å²) < 4.78 is 0. The van der Waals surface area contributed by atoms with Gasteiger partial charge in [-0.15, -0.1) is 0 Å². The highest BCUT2D eigenvalue weighted by molar-refractivity contribution is 5.79. The molecule has 0 saturated heterocycles. The van der Waals surface area contributed by atoms with Gasteiger partial charge in [0.15, 0.2) is 0 Å². The summed E-state index contributed by atoms with van der Waals surface area (Å²) in [6.45, 7) is 8.30. The van der Waals surface area contributed by atoms with Crippen LogP contribution in [0.3, 0.4) is 0 Å². The van der Waals surface area contributed by atoms with Gasteiger partial charge in [0, 0.05) is 11.6 Å². The highest BCUT2D eigenvalue weighted by Gasteiger charge is 2.12. The topological polar surface area (TPSA) is 12.4 Å². The van der Waals surface area contributed by atoms with Gasteiger partial charge < -0.3 is 0 Å². The molecular weight excluding hydrogens is 182 g/mol. The van der Waals surface area contributed by atoms with Crippen LogP contribution in [0.5, 0.6) is 0 Å². The number of hydrogen-bond donors (Lipinski definition) is 0. The van der Waals surface area contributed by atoms with Crippen LogP contribution < -0.4 is 0 Å². The molecule has 1 heterocycles. The van der Waals surface area contributed by atoms with E-state index in [2.05, 4.69) is 37.1 Å². The highest BCUT2D eigenvalue weighted by Crippen LogP contribution is 2.27. The van der Waals surface area contributed by atoms with E-state index in [0.29, 0.717) is 0 Å². The van der Waals surface area contributed by atoms with E-state index < -0.39 is 0 Å². The van der Waals surface area contributed by atoms with E-state index in [0.717, 1.165) is 5.69 Å². The maximum Gasteiger partial charge on any atom is 0.0698 e. The van der Waals surface area contributed by atoms with E-state index in [1.54, 1.807) is 0 Å². The van der Waals surface area contributed by atoms with Gasteiger partial charge >= 0.3 is 0 Å². The fourth-order valence-corrected chi connectivity index (χ4v) is 1.33. The van der Waals surface area contributed by atoms with Crippen molar-refractivity contribution in [1.82, 2.24) is 0 Å². The number of nitrogens with zero attached hydrogens (tertiary/aromatic N) is 1. The van der Waals surface area contributed by atoms with E-state index in [4.69, 9.17) is 0 Å². The van der Waals surface area contributed by atoms with Crippen LogP contribution in [0.4, 0.5) is 5.69 Å². The van der Waals surface area contributed by atoms with Gasteiger partial charge in [-0.3, -0.25) is 4.99 Å². The molecule has 0 fully saturated rings. The molecule has 0 aromatic heterocycles. The van der Waals surface area contributed by atoms with Crippen molar-refractivity contribution in [3.05, 3.63) is 35.9 Å². The fourth-order valence-electron chi connectivity index (χ4n) is 1.33. The fraction of sp³-hybridized carbons (Fsp3) is 0.357. The maximum absolute atomic E-state index is 4.45. The molecule has 0 spiro atoms. The number of fused-ring (bicyclic) bond motifs is 1. The number of allylic oxidation sites excluding steroid dienone is 1. The molecule has 1 heteroatoms. The van der Waals surface area contributed by atoms with Crippen LogP contribution in [0.2, 0.25) is 0 Å². The summed E-state index contributed by atoms with van der Waals surface area (Å²) >= 11 is 0. The minimum Gasteiger partial charge on any atom is -0.260 e. The van der Waals surface area contributed by atoms with Gasteiger partial charge in [-0.25, -0.2) is 0 Å². The van der Waals surface area contributed by atoms with Crippen molar-refractivity contribution in [3.8, 4) is 0 Å². The van der Waals surface area contributed by atoms with Gasteiger partial charge in [0.05, 0.1) is 5.69 Å². The third-order valence-electron chi connectivity index (χ3n) is 2.17. The predicted octanol–water partition coefficient (Wildman–Crippen LogP) is 4.47. The lowest BCUT2D eigenvalue weighted by atomic mass is 9.95. The summed E-state index contributed by atoms with van der Waals surface area (Å²) in [6.07, 6.45) is 6.32. The maximum atomic E-state index is 4.45. The SMILES string of the molecule is CC.CC1(C)C=Cc2ccccc2N=C1. The molecule has 0 amide bonds. The molecule has 0 unspecified atom stereocenters. The smallest absolute Gasteiger partial charge is 0.0698 e. The summed E-state index contributed by atoms with van der Waals surface area (Å²) in [5.74, 6) is 0. The molecule has 1 aliphatic rings. The summed E-state index contributed by atoms with van der Waals surface area (Å²) in [7, 11) is 0. The lowest BCUT2D eigenvalue weighted by Crippen LogP contribution is -2.07. The normalized spacial score (nSPS) is 16.0. The third kappa shape index (κ3) is 3.05. The average Bonchev–Trinajstić information content (AvgIpc) is 2.42. The Balaban J connectivity index is 0.000000531. The van der Waals surface area contributed by atoms with Crippen molar-refractivity contribution in [3.63, 3.8) is 0 Å². The number of para-hydroxylation sites is 1. The number of rotatable bonds is 0. The molecule has 1 aromatic carbocycles. The molecule has 0 N–H and O–H groups in total. The second-order valence-electron chi connectivity index (χ2n) is 3.97. The van der Waals surface area contributed by atoms with Crippen molar-refractivity contribution >= 4 is 18.0 Å². The van der Waals surface area contributed by atoms with Crippen LogP contribution in [-0.2, 0) is 0 Å². The predicted molar refractivity (Wildman–Crippen MR) is 68.8 cm³/mol. The monoisotopic (exact) mass is 201 g/mol. The van der Waals surface area contributed by atoms with Gasteiger partial charge in [0.2, 0.25) is 0 Å². The highest BCUT2D eigenvalue weighted by atomic mass is 14.7. The summed E-state index contributed by atoms with van der Waals surface area (Å²) in [5, 5.41) is 0. The first-order valence-electron chi connectivity index (χ1n) is 5.51. The van der Waals surface area contributed by atoms with E-state index >= 15 is 0 Å². The molecule has 0 radical (unpaired) electrons. The van der Waals surface area contributed by atoms with E-state index in [9.17, 15) is 0 Å². The van der Waals surface area contributed by atoms with E-state index in [-0.39, 0.29) is 5.41 Å². The molecular formula is C14H19N. The average molecular weight is 201 g/mol. The minimum atomic E-state index is 0.0685. The Morgan fingerprint density at radius 3 is 2.47 bits per heavy atom. The lowest BCUT2D eigenvalue weighted by Gasteiger charge is -2.10. The molecule has 0 saturated carbocycles. The van der Waals surface area contributed by atoms with Gasteiger partial charge in [0.1, 0.15) is 0 Å². The molecule has 0 bridgehead atoms. The zero-order valence-electron chi connectivity index (χ0n) is 9.99. The first kappa shape index (κ1) is 11.7. The Labute approximate surface area is 92.6 Å². The molecule has 80 valence electrons. The Bertz CT molecular complexity index is 338. The molecule has 15 heavy (non-hydrogen) atoms. The Morgan fingerprint density at radius 1 is 1.07 bits per heavy atom. The second kappa shape index (κ2) is 4.92. The largest absolute Gasteiger partial charge is 0.260 e. The van der Waals surface area contributed by atoms with E-state index in [1.807, 2.05) is 38.3 Å². The summed E-state index contributed by atoms with van der Waals surface area (Å²) in [5.41, 5.74) is 2.33. The van der Waals surface area contributed by atoms with Crippen LogP contribution in [0.15, 0.2) is 35.3 Å². The Hall–Kier alpha value is -1.37. The number of benzene rings is 1. The Kier molecular flexibility index (Phi) is 3.84. The van der Waals surface area contributed by atoms with Crippen molar-refractivity contribution in [2.45, 2.75) is 27.7 Å². The van der Waals surface area contributed by atoms with Crippen molar-refractivity contribution in [1.29, 1.82) is 0 Å². The second-order valence-corrected chi connectivity index (χ2v) is 3.97. The lowest BCUT2D eigenvalue weighted by molar-refractivity contribution is 0.699. The van der Waals surface area contributed by atoms with Gasteiger partial charge in [-0.2, -0.15) is 0 Å². The van der Waals surface area contributed by atoms with Crippen LogP contribution >= 0.6 is 0 Å². The summed E-state index contributed by atoms with van der Waals surface area (Å²) in [4.78, 5) is 4.45. The minimum absolute atomic E-state index is 0.0685. The van der Waals surface area contributed by atoms with Crippen molar-refractivity contribution < 1.29 is 0 Å². The van der Waals surface area contributed by atoms with Crippen molar-refractivity contribution in [2.24, 2.45) is 10.4 Å². The standard InChI is InChI=1S/C12H13N.C2H6/c1-12(2)8-7-10-5-3-4-6-11(10)13-9-12;1-2/h3-9H,1-2H3;1-2H3. The van der Waals surface area contributed by atoms with Crippen LogP contribution in [-0.4, -0.2) is 6.21 Å². The van der Waals surface area contributed by atoms with Gasteiger partial charge in [-0.05, 0) is 11.6 Å². The van der Waals surface area contributed by atoms with Crippen LogP contribution in [0.25, 0.3) is 6.08 Å². The van der Waals surface area contributed by atoms with Gasteiger partial charge in [-0.1, -0.05) is 58.0 Å².